The number of ether oxygens (including phenoxy) is 1. The molecule has 0 saturated carbocycles. The number of nitrogens with zero attached hydrogens (tertiary/aromatic N) is 2. The summed E-state index contributed by atoms with van der Waals surface area (Å²) in [5, 5.41) is 2.99. The highest BCUT2D eigenvalue weighted by Gasteiger charge is 2.11. The molecule has 146 valence electrons. The number of carbonyl (C=O) groups is 1. The fourth-order valence-electron chi connectivity index (χ4n) is 2.90. The van der Waals surface area contributed by atoms with Crippen molar-refractivity contribution in [1.82, 2.24) is 14.9 Å². The molecule has 28 heavy (non-hydrogen) atoms. The zero-order valence-corrected chi connectivity index (χ0v) is 16.9. The van der Waals surface area contributed by atoms with Gasteiger partial charge in [-0.2, -0.15) is 0 Å². The van der Waals surface area contributed by atoms with Gasteiger partial charge in [0, 0.05) is 24.5 Å². The second kappa shape index (κ2) is 8.74. The van der Waals surface area contributed by atoms with E-state index in [0.29, 0.717) is 12.2 Å². The Morgan fingerprint density at radius 1 is 1.11 bits per heavy atom. The number of hydrogen-bond acceptors (Lipinski definition) is 3. The van der Waals surface area contributed by atoms with Gasteiger partial charge in [-0.05, 0) is 68.7 Å². The van der Waals surface area contributed by atoms with Crippen LogP contribution in [0.15, 0.2) is 54.9 Å². The number of aromatic nitrogens is 2. The van der Waals surface area contributed by atoms with Gasteiger partial charge in [-0.25, -0.2) is 4.98 Å². The second-order valence-corrected chi connectivity index (χ2v) is 7.23. The van der Waals surface area contributed by atoms with E-state index < -0.39 is 0 Å². The van der Waals surface area contributed by atoms with Crippen molar-refractivity contribution < 1.29 is 9.53 Å². The van der Waals surface area contributed by atoms with Gasteiger partial charge in [0.05, 0.1) is 6.04 Å². The first kappa shape index (κ1) is 19.7. The third kappa shape index (κ3) is 5.00. The van der Waals surface area contributed by atoms with E-state index >= 15 is 0 Å². The normalized spacial score (nSPS) is 11.9. The third-order valence-corrected chi connectivity index (χ3v) is 4.85. The summed E-state index contributed by atoms with van der Waals surface area (Å²) < 4.78 is 7.88. The van der Waals surface area contributed by atoms with Crippen LogP contribution in [-0.2, 0) is 6.54 Å². The van der Waals surface area contributed by atoms with Crippen LogP contribution in [0.2, 0.25) is 0 Å². The van der Waals surface area contributed by atoms with E-state index in [9.17, 15) is 4.79 Å². The number of carbonyl (C=O) groups excluding carboxylic acids is 1. The van der Waals surface area contributed by atoms with Crippen molar-refractivity contribution in [2.24, 2.45) is 0 Å². The Bertz CT molecular complexity index is 945. The molecule has 1 heterocycles. The number of aryl methyl sites for hydroxylation is 3. The zero-order valence-electron chi connectivity index (χ0n) is 16.9. The van der Waals surface area contributed by atoms with Crippen molar-refractivity contribution in [1.29, 1.82) is 0 Å². The van der Waals surface area contributed by atoms with Crippen LogP contribution in [0.1, 0.15) is 39.8 Å². The molecule has 2 aromatic carbocycles. The molecule has 3 aromatic rings. The summed E-state index contributed by atoms with van der Waals surface area (Å²) in [6.07, 6.45) is 3.74. The van der Waals surface area contributed by atoms with E-state index in [1.54, 1.807) is 6.20 Å². The molecule has 0 bridgehead atoms. The molecule has 5 heteroatoms. The molecule has 0 fully saturated rings. The van der Waals surface area contributed by atoms with Gasteiger partial charge in [-0.3, -0.25) is 4.79 Å². The van der Waals surface area contributed by atoms with E-state index in [2.05, 4.69) is 28.7 Å². The molecule has 0 aliphatic heterocycles. The quantitative estimate of drug-likeness (QED) is 0.676. The highest BCUT2D eigenvalue weighted by atomic mass is 16.5. The van der Waals surface area contributed by atoms with Crippen LogP contribution in [0, 0.1) is 20.8 Å². The van der Waals surface area contributed by atoms with Gasteiger partial charge in [-0.1, -0.05) is 18.2 Å². The average Bonchev–Trinajstić information content (AvgIpc) is 3.08. The van der Waals surface area contributed by atoms with Crippen LogP contribution in [0.25, 0.3) is 0 Å². The topological polar surface area (TPSA) is 56.1 Å². The van der Waals surface area contributed by atoms with Crippen molar-refractivity contribution in [2.45, 2.75) is 40.3 Å². The van der Waals surface area contributed by atoms with Gasteiger partial charge in [0.2, 0.25) is 0 Å². The van der Waals surface area contributed by atoms with Gasteiger partial charge in [0.1, 0.15) is 18.2 Å². The summed E-state index contributed by atoms with van der Waals surface area (Å²) in [7, 11) is 0. The number of rotatable bonds is 7. The van der Waals surface area contributed by atoms with Crippen molar-refractivity contribution >= 4 is 5.91 Å². The van der Waals surface area contributed by atoms with Crippen LogP contribution in [0.5, 0.6) is 5.75 Å². The Kier molecular flexibility index (Phi) is 6.14. The third-order valence-electron chi connectivity index (χ3n) is 4.85. The minimum absolute atomic E-state index is 0.0950. The minimum Gasteiger partial charge on any atom is -0.491 e. The lowest BCUT2D eigenvalue weighted by atomic mass is 10.1. The summed E-state index contributed by atoms with van der Waals surface area (Å²) in [6, 6.07) is 13.6. The Balaban J connectivity index is 1.52. The largest absolute Gasteiger partial charge is 0.491 e. The lowest BCUT2D eigenvalue weighted by Gasteiger charge is -2.16. The molecule has 1 N–H and O–H groups in total. The monoisotopic (exact) mass is 377 g/mol. The summed E-state index contributed by atoms with van der Waals surface area (Å²) in [4.78, 5) is 16.7. The zero-order chi connectivity index (χ0) is 20.1. The van der Waals surface area contributed by atoms with Crippen molar-refractivity contribution in [3.8, 4) is 5.75 Å². The van der Waals surface area contributed by atoms with Crippen LogP contribution < -0.4 is 10.1 Å². The molecule has 0 spiro atoms. The lowest BCUT2D eigenvalue weighted by Crippen LogP contribution is -2.36. The molecule has 1 atom stereocenters. The number of nitrogens with one attached hydrogen (secondary N) is 1. The number of benzene rings is 2. The van der Waals surface area contributed by atoms with Crippen LogP contribution in [0.3, 0.4) is 0 Å². The summed E-state index contributed by atoms with van der Waals surface area (Å²) in [6.45, 7) is 9.22. The highest BCUT2D eigenvalue weighted by Crippen LogP contribution is 2.16. The minimum atomic E-state index is -0.0958. The molecular weight excluding hydrogens is 350 g/mol. The molecule has 3 rings (SSSR count). The first-order valence-corrected chi connectivity index (χ1v) is 9.50. The molecule has 5 nitrogen and oxygen atoms in total. The SMILES string of the molecule is Cc1ccc(OC[C@H](C)NC(=O)c2ccc(Cn3ccnc3C)cc2)cc1C. The smallest absolute Gasteiger partial charge is 0.251 e. The van der Waals surface area contributed by atoms with Gasteiger partial charge in [-0.15, -0.1) is 0 Å². The number of hydrogen-bond donors (Lipinski definition) is 1. The second-order valence-electron chi connectivity index (χ2n) is 7.23. The molecule has 0 radical (unpaired) electrons. The molecule has 0 unspecified atom stereocenters. The van der Waals surface area contributed by atoms with E-state index in [1.165, 1.54) is 11.1 Å². The first-order chi connectivity index (χ1) is 13.4. The molecule has 1 aromatic heterocycles. The Morgan fingerprint density at radius 2 is 1.86 bits per heavy atom. The maximum absolute atomic E-state index is 12.5. The maximum Gasteiger partial charge on any atom is 0.251 e. The Hall–Kier alpha value is -3.08. The fraction of sp³-hybridized carbons (Fsp3) is 0.304. The number of amides is 1. The van der Waals surface area contributed by atoms with E-state index in [1.807, 2.05) is 62.5 Å². The Labute approximate surface area is 166 Å². The van der Waals surface area contributed by atoms with Crippen molar-refractivity contribution in [3.05, 3.63) is 82.9 Å². The summed E-state index contributed by atoms with van der Waals surface area (Å²) in [5.41, 5.74) is 4.20. The maximum atomic E-state index is 12.5. The van der Waals surface area contributed by atoms with Gasteiger partial charge in [0.15, 0.2) is 0 Å². The summed E-state index contributed by atoms with van der Waals surface area (Å²) in [5.74, 6) is 1.70. The van der Waals surface area contributed by atoms with Crippen LogP contribution >= 0.6 is 0 Å². The standard InChI is InChI=1S/C23H27N3O2/c1-16-5-10-22(13-17(16)2)28-15-18(3)25-23(27)21-8-6-20(7-9-21)14-26-12-11-24-19(26)4/h5-13,18H,14-15H2,1-4H3,(H,25,27)/t18-/m0/s1. The molecular formula is C23H27N3O2. The predicted octanol–water partition coefficient (Wildman–Crippen LogP) is 4.05. The number of imidazole rings is 1. The molecule has 1 amide bonds. The molecule has 0 aliphatic rings. The van der Waals surface area contributed by atoms with Gasteiger partial charge in [0.25, 0.3) is 5.91 Å². The van der Waals surface area contributed by atoms with Gasteiger partial charge >= 0.3 is 0 Å². The lowest BCUT2D eigenvalue weighted by molar-refractivity contribution is 0.0926. The first-order valence-electron chi connectivity index (χ1n) is 9.50. The van der Waals surface area contributed by atoms with E-state index in [4.69, 9.17) is 4.74 Å². The summed E-state index contributed by atoms with van der Waals surface area (Å²) >= 11 is 0. The van der Waals surface area contributed by atoms with Gasteiger partial charge < -0.3 is 14.6 Å². The average molecular weight is 377 g/mol. The highest BCUT2D eigenvalue weighted by molar-refractivity contribution is 5.94. The Morgan fingerprint density at radius 3 is 2.50 bits per heavy atom. The van der Waals surface area contributed by atoms with Crippen molar-refractivity contribution in [2.75, 3.05) is 6.61 Å². The molecule has 0 saturated heterocycles. The van der Waals surface area contributed by atoms with E-state index in [0.717, 1.165) is 23.7 Å². The fourth-order valence-corrected chi connectivity index (χ4v) is 2.90. The van der Waals surface area contributed by atoms with Crippen LogP contribution in [0.4, 0.5) is 0 Å². The molecule has 0 aliphatic carbocycles. The van der Waals surface area contributed by atoms with E-state index in [-0.39, 0.29) is 11.9 Å². The predicted molar refractivity (Wildman–Crippen MR) is 111 cm³/mol. The van der Waals surface area contributed by atoms with Crippen LogP contribution in [-0.4, -0.2) is 28.1 Å². The van der Waals surface area contributed by atoms with Crippen molar-refractivity contribution in [3.63, 3.8) is 0 Å².